The van der Waals surface area contributed by atoms with Gasteiger partial charge in [0.1, 0.15) is 5.69 Å². The Labute approximate surface area is 105 Å². The highest BCUT2D eigenvalue weighted by Gasteiger charge is 2.09. The van der Waals surface area contributed by atoms with Gasteiger partial charge in [-0.3, -0.25) is 9.78 Å². The zero-order valence-electron chi connectivity index (χ0n) is 10.1. The fourth-order valence-electron chi connectivity index (χ4n) is 1.64. The van der Waals surface area contributed by atoms with E-state index in [0.29, 0.717) is 12.4 Å². The lowest BCUT2D eigenvalue weighted by atomic mass is 10.2. The van der Waals surface area contributed by atoms with Gasteiger partial charge in [-0.15, -0.1) is 0 Å². The van der Waals surface area contributed by atoms with Crippen LogP contribution in [0.3, 0.4) is 0 Å². The number of hydrogen-bond donors (Lipinski definition) is 2. The first kappa shape index (κ1) is 12.1. The number of nitrogens with zero attached hydrogens (tertiary/aromatic N) is 3. The second-order valence-corrected chi connectivity index (χ2v) is 3.96. The molecule has 0 aliphatic rings. The molecule has 6 nitrogen and oxygen atoms in total. The standard InChI is InChI=1S/C12H15N5O/c1-17(7-5-9-4-2-3-6-14-9)11-10(13)12(18)16-8-15-11/h2-4,6,8H,5,7,13H2,1H3,(H,15,16,18). The lowest BCUT2D eigenvalue weighted by Crippen LogP contribution is -2.26. The van der Waals surface area contributed by atoms with Crippen LogP contribution in [0.1, 0.15) is 5.69 Å². The Hall–Kier alpha value is -2.37. The summed E-state index contributed by atoms with van der Waals surface area (Å²) in [5.41, 5.74) is 6.51. The first-order valence-corrected chi connectivity index (χ1v) is 5.62. The van der Waals surface area contributed by atoms with E-state index in [0.717, 1.165) is 12.1 Å². The average molecular weight is 245 g/mol. The second-order valence-electron chi connectivity index (χ2n) is 3.96. The third-order valence-electron chi connectivity index (χ3n) is 2.66. The van der Waals surface area contributed by atoms with Gasteiger partial charge in [0.25, 0.3) is 5.56 Å². The number of rotatable bonds is 4. The van der Waals surface area contributed by atoms with Gasteiger partial charge >= 0.3 is 0 Å². The minimum Gasteiger partial charge on any atom is -0.391 e. The first-order chi connectivity index (χ1) is 8.68. The summed E-state index contributed by atoms with van der Waals surface area (Å²) in [6.07, 6.45) is 3.88. The number of nitrogen functional groups attached to an aromatic ring is 1. The van der Waals surface area contributed by atoms with Crippen molar-refractivity contribution in [1.29, 1.82) is 0 Å². The SMILES string of the molecule is CN(CCc1ccccn1)c1nc[nH]c(=O)c1N. The molecule has 6 heteroatoms. The molecule has 0 fully saturated rings. The molecule has 0 aromatic carbocycles. The number of pyridine rings is 1. The van der Waals surface area contributed by atoms with Crippen LogP contribution >= 0.6 is 0 Å². The van der Waals surface area contributed by atoms with Crippen LogP contribution in [-0.4, -0.2) is 28.5 Å². The maximum Gasteiger partial charge on any atom is 0.276 e. The number of anilines is 2. The van der Waals surface area contributed by atoms with Gasteiger partial charge in [-0.1, -0.05) is 6.07 Å². The number of nitrogens with one attached hydrogen (secondary N) is 1. The molecule has 94 valence electrons. The Morgan fingerprint density at radius 3 is 2.94 bits per heavy atom. The highest BCUT2D eigenvalue weighted by molar-refractivity contribution is 5.60. The number of aromatic nitrogens is 3. The van der Waals surface area contributed by atoms with Crippen LogP contribution in [0.15, 0.2) is 35.5 Å². The Bertz CT molecular complexity index is 566. The van der Waals surface area contributed by atoms with Crippen molar-refractivity contribution in [3.63, 3.8) is 0 Å². The summed E-state index contributed by atoms with van der Waals surface area (Å²) in [6.45, 7) is 0.692. The van der Waals surface area contributed by atoms with E-state index in [2.05, 4.69) is 15.0 Å². The largest absolute Gasteiger partial charge is 0.391 e. The van der Waals surface area contributed by atoms with Crippen LogP contribution in [-0.2, 0) is 6.42 Å². The fraction of sp³-hybridized carbons (Fsp3) is 0.250. The smallest absolute Gasteiger partial charge is 0.276 e. The molecule has 2 heterocycles. The van der Waals surface area contributed by atoms with E-state index < -0.39 is 0 Å². The number of nitrogens with two attached hydrogens (primary N) is 1. The summed E-state index contributed by atoms with van der Waals surface area (Å²) in [5, 5.41) is 0. The monoisotopic (exact) mass is 245 g/mol. The fourth-order valence-corrected chi connectivity index (χ4v) is 1.64. The predicted molar refractivity (Wildman–Crippen MR) is 70.5 cm³/mol. The molecule has 0 saturated carbocycles. The molecular formula is C12H15N5O. The van der Waals surface area contributed by atoms with Gasteiger partial charge in [0.15, 0.2) is 5.82 Å². The van der Waals surface area contributed by atoms with Crippen molar-refractivity contribution < 1.29 is 0 Å². The van der Waals surface area contributed by atoms with Crippen molar-refractivity contribution in [2.24, 2.45) is 0 Å². The molecular weight excluding hydrogens is 230 g/mol. The summed E-state index contributed by atoms with van der Waals surface area (Å²) >= 11 is 0. The molecule has 2 rings (SSSR count). The van der Waals surface area contributed by atoms with Crippen LogP contribution in [0, 0.1) is 0 Å². The van der Waals surface area contributed by atoms with E-state index in [1.54, 1.807) is 6.20 Å². The van der Waals surface area contributed by atoms with E-state index >= 15 is 0 Å². The van der Waals surface area contributed by atoms with Gasteiger partial charge in [0, 0.05) is 31.9 Å². The zero-order valence-corrected chi connectivity index (χ0v) is 10.1. The van der Waals surface area contributed by atoms with Crippen molar-refractivity contribution in [3.05, 3.63) is 46.8 Å². The van der Waals surface area contributed by atoms with Crippen LogP contribution in [0.4, 0.5) is 11.5 Å². The minimum atomic E-state index is -0.315. The molecule has 0 spiro atoms. The van der Waals surface area contributed by atoms with Gasteiger partial charge in [0.05, 0.1) is 6.33 Å². The van der Waals surface area contributed by atoms with Crippen molar-refractivity contribution >= 4 is 11.5 Å². The van der Waals surface area contributed by atoms with Gasteiger partial charge in [-0.2, -0.15) is 0 Å². The van der Waals surface area contributed by atoms with E-state index in [1.807, 2.05) is 30.1 Å². The molecule has 0 atom stereocenters. The summed E-state index contributed by atoms with van der Waals surface area (Å²) in [4.78, 5) is 24.0. The maximum absolute atomic E-state index is 11.4. The average Bonchev–Trinajstić information content (AvgIpc) is 2.40. The Morgan fingerprint density at radius 2 is 2.22 bits per heavy atom. The zero-order chi connectivity index (χ0) is 13.0. The van der Waals surface area contributed by atoms with Crippen molar-refractivity contribution in [2.45, 2.75) is 6.42 Å². The van der Waals surface area contributed by atoms with Crippen LogP contribution in [0.5, 0.6) is 0 Å². The van der Waals surface area contributed by atoms with Crippen LogP contribution < -0.4 is 16.2 Å². The molecule has 0 amide bonds. The first-order valence-electron chi connectivity index (χ1n) is 5.62. The quantitative estimate of drug-likeness (QED) is 0.815. The molecule has 0 aliphatic carbocycles. The van der Waals surface area contributed by atoms with Crippen LogP contribution in [0.25, 0.3) is 0 Å². The topological polar surface area (TPSA) is 87.9 Å². The van der Waals surface area contributed by atoms with Crippen molar-refractivity contribution in [3.8, 4) is 0 Å². The van der Waals surface area contributed by atoms with E-state index in [1.165, 1.54) is 6.33 Å². The van der Waals surface area contributed by atoms with Gasteiger partial charge in [-0.05, 0) is 12.1 Å². The normalized spacial score (nSPS) is 10.3. The number of H-pyrrole nitrogens is 1. The number of aromatic amines is 1. The number of hydrogen-bond acceptors (Lipinski definition) is 5. The molecule has 0 saturated heterocycles. The maximum atomic E-state index is 11.4. The molecule has 0 bridgehead atoms. The van der Waals surface area contributed by atoms with E-state index in [9.17, 15) is 4.79 Å². The molecule has 0 aliphatic heterocycles. The predicted octanol–water partition coefficient (Wildman–Crippen LogP) is 0.426. The van der Waals surface area contributed by atoms with Gasteiger partial charge in [-0.25, -0.2) is 4.98 Å². The Morgan fingerprint density at radius 1 is 1.39 bits per heavy atom. The van der Waals surface area contributed by atoms with Gasteiger partial charge < -0.3 is 15.6 Å². The highest BCUT2D eigenvalue weighted by atomic mass is 16.1. The molecule has 2 aromatic heterocycles. The number of likely N-dealkylation sites (N-methyl/N-ethyl adjacent to an activating group) is 1. The van der Waals surface area contributed by atoms with Gasteiger partial charge in [0.2, 0.25) is 0 Å². The molecule has 3 N–H and O–H groups in total. The third kappa shape index (κ3) is 2.65. The molecule has 18 heavy (non-hydrogen) atoms. The van der Waals surface area contributed by atoms with E-state index in [-0.39, 0.29) is 11.2 Å². The molecule has 2 aromatic rings. The molecule has 0 radical (unpaired) electrons. The van der Waals surface area contributed by atoms with E-state index in [4.69, 9.17) is 5.73 Å². The van der Waals surface area contributed by atoms with Crippen LogP contribution in [0.2, 0.25) is 0 Å². The summed E-state index contributed by atoms with van der Waals surface area (Å²) in [6, 6.07) is 5.79. The third-order valence-corrected chi connectivity index (χ3v) is 2.66. The molecule has 0 unspecified atom stereocenters. The highest BCUT2D eigenvalue weighted by Crippen LogP contribution is 2.13. The summed E-state index contributed by atoms with van der Waals surface area (Å²) < 4.78 is 0. The lowest BCUT2D eigenvalue weighted by molar-refractivity contribution is 0.835. The van der Waals surface area contributed by atoms with Crippen molar-refractivity contribution in [2.75, 3.05) is 24.2 Å². The Kier molecular flexibility index (Phi) is 3.57. The minimum absolute atomic E-state index is 0.140. The summed E-state index contributed by atoms with van der Waals surface area (Å²) in [5.74, 6) is 0.495. The second kappa shape index (κ2) is 5.31. The van der Waals surface area contributed by atoms with Crippen molar-refractivity contribution in [1.82, 2.24) is 15.0 Å². The Balaban J connectivity index is 2.06. The lowest BCUT2D eigenvalue weighted by Gasteiger charge is -2.18. The summed E-state index contributed by atoms with van der Waals surface area (Å²) in [7, 11) is 1.85.